The van der Waals surface area contributed by atoms with Crippen molar-refractivity contribution < 1.29 is 22.8 Å². The van der Waals surface area contributed by atoms with E-state index in [4.69, 9.17) is 0 Å². The zero-order chi connectivity index (χ0) is 21.4. The zero-order valence-electron chi connectivity index (χ0n) is 17.4. The van der Waals surface area contributed by atoms with Gasteiger partial charge in [-0.1, -0.05) is 13.8 Å². The molecule has 2 fully saturated rings. The quantitative estimate of drug-likeness (QED) is 0.569. The van der Waals surface area contributed by atoms with E-state index >= 15 is 0 Å². The largest absolute Gasteiger partial charge is 0.351 e. The van der Waals surface area contributed by atoms with E-state index in [1.165, 1.54) is 21.1 Å². The first-order chi connectivity index (χ1) is 12.8. The monoisotopic (exact) mass is 417 g/mol. The third-order valence-electron chi connectivity index (χ3n) is 5.54. The second-order valence-corrected chi connectivity index (χ2v) is 10.8. The lowest BCUT2D eigenvalue weighted by Crippen LogP contribution is -2.47. The summed E-state index contributed by atoms with van der Waals surface area (Å²) in [6.07, 6.45) is 0.200. The highest BCUT2D eigenvalue weighted by Crippen LogP contribution is 2.30. The van der Waals surface area contributed by atoms with Crippen LogP contribution >= 0.6 is 0 Å². The SMILES string of the molecule is CN1CC(C(=O)NC2CN(C(=O)CN(C)S(=O)(=O)N(C)C)CC2(C)C)CC1=O. The molecule has 0 bridgehead atoms. The Kier molecular flexibility index (Phi) is 6.41. The molecular weight excluding hydrogens is 386 g/mol. The number of amides is 3. The number of nitrogens with zero attached hydrogens (tertiary/aromatic N) is 4. The van der Waals surface area contributed by atoms with Gasteiger partial charge in [0.15, 0.2) is 0 Å². The van der Waals surface area contributed by atoms with E-state index in [1.807, 2.05) is 13.8 Å². The van der Waals surface area contributed by atoms with E-state index in [1.54, 1.807) is 16.8 Å². The second-order valence-electron chi connectivity index (χ2n) is 8.55. The van der Waals surface area contributed by atoms with Crippen molar-refractivity contribution >= 4 is 27.9 Å². The summed E-state index contributed by atoms with van der Waals surface area (Å²) in [6, 6.07) is -0.263. The maximum absolute atomic E-state index is 12.6. The molecule has 2 heterocycles. The lowest BCUT2D eigenvalue weighted by atomic mass is 9.87. The van der Waals surface area contributed by atoms with E-state index in [0.29, 0.717) is 19.6 Å². The number of rotatable bonds is 6. The predicted molar refractivity (Wildman–Crippen MR) is 103 cm³/mol. The highest BCUT2D eigenvalue weighted by molar-refractivity contribution is 7.86. The molecule has 0 saturated carbocycles. The second kappa shape index (κ2) is 7.96. The van der Waals surface area contributed by atoms with Crippen molar-refractivity contribution in [2.45, 2.75) is 26.3 Å². The molecule has 0 spiro atoms. The molecule has 0 aromatic carbocycles. The molecule has 2 aliphatic heterocycles. The van der Waals surface area contributed by atoms with E-state index in [0.717, 1.165) is 8.61 Å². The summed E-state index contributed by atoms with van der Waals surface area (Å²) < 4.78 is 26.3. The summed E-state index contributed by atoms with van der Waals surface area (Å²) in [6.45, 7) is 4.77. The molecule has 28 heavy (non-hydrogen) atoms. The molecule has 0 aromatic rings. The molecule has 3 amide bonds. The van der Waals surface area contributed by atoms with Crippen molar-refractivity contribution in [3.05, 3.63) is 0 Å². The Bertz CT molecular complexity index is 751. The minimum atomic E-state index is -3.67. The summed E-state index contributed by atoms with van der Waals surface area (Å²) in [5, 5.41) is 2.99. The van der Waals surface area contributed by atoms with Crippen molar-refractivity contribution in [1.82, 2.24) is 23.7 Å². The van der Waals surface area contributed by atoms with Gasteiger partial charge in [-0.05, 0) is 0 Å². The molecule has 2 rings (SSSR count). The van der Waals surface area contributed by atoms with Crippen LogP contribution in [0.1, 0.15) is 20.3 Å². The molecule has 11 heteroatoms. The van der Waals surface area contributed by atoms with Crippen molar-refractivity contribution in [3.63, 3.8) is 0 Å². The van der Waals surface area contributed by atoms with Gasteiger partial charge in [0.2, 0.25) is 17.7 Å². The molecule has 2 aliphatic rings. The Balaban J connectivity index is 1.98. The molecule has 10 nitrogen and oxygen atoms in total. The van der Waals surface area contributed by atoms with Crippen molar-refractivity contribution in [2.24, 2.45) is 11.3 Å². The standard InChI is InChI=1S/C17H31N5O5S/c1-17(2)11-22(15(24)10-21(6)28(26,27)19(3)4)9-13(17)18-16(25)12-7-14(23)20(5)8-12/h12-13H,7-11H2,1-6H3,(H,18,25). The summed E-state index contributed by atoms with van der Waals surface area (Å²) in [5.74, 6) is -0.923. The van der Waals surface area contributed by atoms with Gasteiger partial charge in [-0.3, -0.25) is 14.4 Å². The topological polar surface area (TPSA) is 110 Å². The van der Waals surface area contributed by atoms with Crippen LogP contribution in [0.4, 0.5) is 0 Å². The molecule has 2 saturated heterocycles. The fourth-order valence-electron chi connectivity index (χ4n) is 3.54. The van der Waals surface area contributed by atoms with Crippen LogP contribution in [0.5, 0.6) is 0 Å². The van der Waals surface area contributed by atoms with E-state index in [9.17, 15) is 22.8 Å². The Morgan fingerprint density at radius 3 is 2.32 bits per heavy atom. The molecular formula is C17H31N5O5S. The van der Waals surface area contributed by atoms with Gasteiger partial charge in [-0.25, -0.2) is 0 Å². The fraction of sp³-hybridized carbons (Fsp3) is 0.824. The molecule has 2 atom stereocenters. The minimum absolute atomic E-state index is 0.0484. The zero-order valence-corrected chi connectivity index (χ0v) is 18.2. The highest BCUT2D eigenvalue weighted by atomic mass is 32.2. The summed E-state index contributed by atoms with van der Waals surface area (Å²) in [7, 11) is 2.18. The molecule has 0 aromatic heterocycles. The number of carbonyl (C=O) groups is 3. The smallest absolute Gasteiger partial charge is 0.281 e. The van der Waals surface area contributed by atoms with Gasteiger partial charge < -0.3 is 15.1 Å². The van der Waals surface area contributed by atoms with E-state index < -0.39 is 10.2 Å². The van der Waals surface area contributed by atoms with Crippen LogP contribution in [-0.2, 0) is 24.6 Å². The Morgan fingerprint density at radius 1 is 1.21 bits per heavy atom. The summed E-state index contributed by atoms with van der Waals surface area (Å²) in [4.78, 5) is 40.0. The van der Waals surface area contributed by atoms with Gasteiger partial charge >= 0.3 is 0 Å². The van der Waals surface area contributed by atoms with Crippen LogP contribution in [0.2, 0.25) is 0 Å². The number of hydrogen-bond acceptors (Lipinski definition) is 5. The third kappa shape index (κ3) is 4.64. The first-order valence-electron chi connectivity index (χ1n) is 9.21. The van der Waals surface area contributed by atoms with Crippen molar-refractivity contribution in [2.75, 3.05) is 54.4 Å². The van der Waals surface area contributed by atoms with Crippen LogP contribution in [0, 0.1) is 11.3 Å². The Labute approximate surface area is 167 Å². The van der Waals surface area contributed by atoms with Gasteiger partial charge in [-0.2, -0.15) is 17.0 Å². The maximum atomic E-state index is 12.6. The van der Waals surface area contributed by atoms with Gasteiger partial charge in [0.1, 0.15) is 0 Å². The first-order valence-corrected chi connectivity index (χ1v) is 10.6. The summed E-state index contributed by atoms with van der Waals surface area (Å²) >= 11 is 0. The molecule has 0 aliphatic carbocycles. The van der Waals surface area contributed by atoms with Crippen LogP contribution in [-0.4, -0.2) is 105 Å². The average Bonchev–Trinajstić information content (AvgIpc) is 3.06. The number of likely N-dealkylation sites (N-methyl/N-ethyl adjacent to an activating group) is 1. The molecule has 160 valence electrons. The average molecular weight is 418 g/mol. The lowest BCUT2D eigenvalue weighted by Gasteiger charge is -2.27. The van der Waals surface area contributed by atoms with Gasteiger partial charge in [0, 0.05) is 59.7 Å². The number of nitrogens with one attached hydrogen (secondary N) is 1. The van der Waals surface area contributed by atoms with Gasteiger partial charge in [-0.15, -0.1) is 0 Å². The van der Waals surface area contributed by atoms with Crippen molar-refractivity contribution in [3.8, 4) is 0 Å². The maximum Gasteiger partial charge on any atom is 0.281 e. The first kappa shape index (κ1) is 22.6. The minimum Gasteiger partial charge on any atom is -0.351 e. The van der Waals surface area contributed by atoms with Crippen LogP contribution in [0.15, 0.2) is 0 Å². The normalized spacial score (nSPS) is 25.1. The predicted octanol–water partition coefficient (Wildman–Crippen LogP) is -1.44. The molecule has 1 N–H and O–H groups in total. The van der Waals surface area contributed by atoms with E-state index in [-0.39, 0.29) is 48.1 Å². The summed E-state index contributed by atoms with van der Waals surface area (Å²) in [5.41, 5.74) is -0.362. The van der Waals surface area contributed by atoms with Crippen LogP contribution in [0.25, 0.3) is 0 Å². The highest BCUT2D eigenvalue weighted by Gasteiger charge is 2.44. The van der Waals surface area contributed by atoms with Crippen molar-refractivity contribution in [1.29, 1.82) is 0 Å². The fourth-order valence-corrected chi connectivity index (χ4v) is 4.38. The Hall–Kier alpha value is -1.72. The number of hydrogen-bond donors (Lipinski definition) is 1. The van der Waals surface area contributed by atoms with Gasteiger partial charge in [0.25, 0.3) is 10.2 Å². The number of likely N-dealkylation sites (tertiary alicyclic amines) is 2. The third-order valence-corrected chi connectivity index (χ3v) is 7.38. The number of carbonyl (C=O) groups excluding carboxylic acids is 3. The van der Waals surface area contributed by atoms with E-state index in [2.05, 4.69) is 5.32 Å². The molecule has 0 radical (unpaired) electrons. The Morgan fingerprint density at radius 2 is 1.82 bits per heavy atom. The lowest BCUT2D eigenvalue weighted by molar-refractivity contribution is -0.131. The van der Waals surface area contributed by atoms with Crippen LogP contribution in [0.3, 0.4) is 0 Å². The molecule has 2 unspecified atom stereocenters. The van der Waals surface area contributed by atoms with Crippen LogP contribution < -0.4 is 5.32 Å². The van der Waals surface area contributed by atoms with Gasteiger partial charge in [0.05, 0.1) is 18.5 Å².